The zero-order valence-corrected chi connectivity index (χ0v) is 24.1. The van der Waals surface area contributed by atoms with Crippen LogP contribution in [-0.4, -0.2) is 50.8 Å². The number of non-ortho nitro benzene ring substituents is 1. The van der Waals surface area contributed by atoms with Gasteiger partial charge in [0.15, 0.2) is 0 Å². The van der Waals surface area contributed by atoms with Gasteiger partial charge in [0.1, 0.15) is 17.5 Å². The zero-order chi connectivity index (χ0) is 31.3. The van der Waals surface area contributed by atoms with Gasteiger partial charge in [0.25, 0.3) is 11.4 Å². The lowest BCUT2D eigenvalue weighted by Gasteiger charge is -2.31. The molecule has 0 bridgehead atoms. The fourth-order valence-corrected chi connectivity index (χ4v) is 5.16. The number of halogens is 1. The second kappa shape index (κ2) is 13.2. The Morgan fingerprint density at radius 1 is 1.12 bits per heavy atom. The summed E-state index contributed by atoms with van der Waals surface area (Å²) < 4.78 is 12.4. The van der Waals surface area contributed by atoms with Gasteiger partial charge < -0.3 is 14.0 Å². The summed E-state index contributed by atoms with van der Waals surface area (Å²) >= 11 is 6.39. The van der Waals surface area contributed by atoms with Gasteiger partial charge in [-0.1, -0.05) is 41.9 Å². The van der Waals surface area contributed by atoms with Crippen LogP contribution < -0.4 is 0 Å². The van der Waals surface area contributed by atoms with Gasteiger partial charge in [0.05, 0.1) is 34.9 Å². The maximum atomic E-state index is 13.5. The molecule has 3 aromatic rings. The Hall–Kier alpha value is -5.17. The van der Waals surface area contributed by atoms with Gasteiger partial charge in [0.2, 0.25) is 0 Å². The van der Waals surface area contributed by atoms with Crippen LogP contribution >= 0.6 is 11.6 Å². The van der Waals surface area contributed by atoms with Gasteiger partial charge in [-0.25, -0.2) is 9.78 Å². The fourth-order valence-electron chi connectivity index (χ4n) is 4.86. The SMILES string of the molecule is COC(=O)C1C(C)=NC(C)=C(C(=O)OCC=Cc2ccc(Cn3ccnc3)cc2)C1c1cc([N+](=O)[O-])cc([N+](=O)[O-])c1Cl. The number of hydrogen-bond donors (Lipinski definition) is 0. The van der Waals surface area contributed by atoms with Crippen molar-refractivity contribution in [2.45, 2.75) is 26.3 Å². The molecule has 1 aliphatic rings. The predicted molar refractivity (Wildman–Crippen MR) is 157 cm³/mol. The minimum absolute atomic E-state index is 0.130. The lowest BCUT2D eigenvalue weighted by molar-refractivity contribution is -0.394. The topological polar surface area (TPSA) is 169 Å². The standard InChI is InChI=1S/C29H26ClN5O8/c1-17-24(28(36)42-3)26(22-13-21(34(38)39)14-23(27(22)30)35(40)41)25(18(2)32-17)29(37)43-12-4-5-19-6-8-20(9-7-19)15-33-11-10-31-16-33/h4-11,13-14,16,24,26H,12,15H2,1-3H3. The van der Waals surface area contributed by atoms with Crippen LogP contribution in [0.5, 0.6) is 0 Å². The van der Waals surface area contributed by atoms with E-state index in [0.29, 0.717) is 12.6 Å². The normalized spacial score (nSPS) is 16.6. The molecule has 0 radical (unpaired) electrons. The molecule has 2 aromatic carbocycles. The number of aliphatic imine (C=N–C) groups is 1. The van der Waals surface area contributed by atoms with E-state index in [-0.39, 0.29) is 29.2 Å². The second-order valence-electron chi connectivity index (χ2n) is 9.59. The summed E-state index contributed by atoms with van der Waals surface area (Å²) in [4.78, 5) is 56.3. The predicted octanol–water partition coefficient (Wildman–Crippen LogP) is 5.28. The number of carbonyl (C=O) groups is 2. The number of imidazole rings is 1. The number of esters is 2. The number of nitro benzene ring substituents is 2. The summed E-state index contributed by atoms with van der Waals surface area (Å²) in [7, 11) is 1.13. The van der Waals surface area contributed by atoms with Crippen LogP contribution in [-0.2, 0) is 25.6 Å². The van der Waals surface area contributed by atoms with Crippen LogP contribution in [0.3, 0.4) is 0 Å². The highest BCUT2D eigenvalue weighted by molar-refractivity contribution is 6.33. The van der Waals surface area contributed by atoms with Gasteiger partial charge in [-0.3, -0.25) is 30.0 Å². The molecule has 0 N–H and O–H groups in total. The van der Waals surface area contributed by atoms with E-state index in [4.69, 9.17) is 21.1 Å². The van der Waals surface area contributed by atoms with Crippen molar-refractivity contribution in [3.63, 3.8) is 0 Å². The number of nitro groups is 2. The van der Waals surface area contributed by atoms with Crippen molar-refractivity contribution in [1.29, 1.82) is 0 Å². The van der Waals surface area contributed by atoms with Crippen molar-refractivity contribution in [3.8, 4) is 0 Å². The molecule has 2 atom stereocenters. The number of ether oxygens (including phenoxy) is 2. The third-order valence-electron chi connectivity index (χ3n) is 6.84. The van der Waals surface area contributed by atoms with E-state index in [2.05, 4.69) is 9.98 Å². The average molecular weight is 608 g/mol. The Bertz CT molecular complexity index is 1660. The molecular formula is C29H26ClN5O8. The van der Waals surface area contributed by atoms with Crippen molar-refractivity contribution in [2.24, 2.45) is 10.9 Å². The van der Waals surface area contributed by atoms with E-state index in [1.807, 2.05) is 35.0 Å². The second-order valence-corrected chi connectivity index (χ2v) is 9.97. The Labute approximate surface area is 250 Å². The molecule has 13 nitrogen and oxygen atoms in total. The molecule has 2 unspecified atom stereocenters. The number of carbonyl (C=O) groups excluding carboxylic acids is 2. The highest BCUT2D eigenvalue weighted by atomic mass is 35.5. The van der Waals surface area contributed by atoms with E-state index in [9.17, 15) is 29.8 Å². The first kappa shape index (κ1) is 30.8. The molecule has 14 heteroatoms. The molecule has 0 spiro atoms. The third-order valence-corrected chi connectivity index (χ3v) is 7.25. The molecule has 222 valence electrons. The Balaban J connectivity index is 1.62. The van der Waals surface area contributed by atoms with Gasteiger partial charge >= 0.3 is 11.9 Å². The van der Waals surface area contributed by atoms with E-state index in [1.165, 1.54) is 13.8 Å². The molecule has 4 rings (SSSR count). The highest BCUT2D eigenvalue weighted by Gasteiger charge is 2.44. The summed E-state index contributed by atoms with van der Waals surface area (Å²) in [5, 5.41) is 22.9. The van der Waals surface area contributed by atoms with Gasteiger partial charge in [0, 0.05) is 42.3 Å². The van der Waals surface area contributed by atoms with Crippen molar-refractivity contribution in [1.82, 2.24) is 9.55 Å². The molecule has 1 aliphatic heterocycles. The fraction of sp³-hybridized carbons (Fsp3) is 0.241. The monoisotopic (exact) mass is 607 g/mol. The molecular weight excluding hydrogens is 582 g/mol. The van der Waals surface area contributed by atoms with Gasteiger partial charge in [-0.05, 0) is 36.6 Å². The smallest absolute Gasteiger partial charge is 0.336 e. The summed E-state index contributed by atoms with van der Waals surface area (Å²) in [6, 6.07) is 9.45. The molecule has 43 heavy (non-hydrogen) atoms. The van der Waals surface area contributed by atoms with Crippen LogP contribution in [0.1, 0.15) is 36.5 Å². The van der Waals surface area contributed by atoms with E-state index in [1.54, 1.807) is 24.7 Å². The number of rotatable bonds is 10. The third kappa shape index (κ3) is 6.84. The van der Waals surface area contributed by atoms with Crippen molar-refractivity contribution in [2.75, 3.05) is 13.7 Å². The first-order valence-electron chi connectivity index (χ1n) is 12.9. The number of nitrogens with zero attached hydrogens (tertiary/aromatic N) is 5. The van der Waals surface area contributed by atoms with Crippen LogP contribution in [0.15, 0.2) is 77.5 Å². The zero-order valence-electron chi connectivity index (χ0n) is 23.3. The molecule has 2 heterocycles. The number of benzene rings is 2. The highest BCUT2D eigenvalue weighted by Crippen LogP contribution is 2.46. The van der Waals surface area contributed by atoms with E-state index in [0.717, 1.165) is 24.3 Å². The maximum Gasteiger partial charge on any atom is 0.336 e. The molecule has 0 amide bonds. The first-order chi connectivity index (χ1) is 20.5. The Morgan fingerprint density at radius 2 is 1.84 bits per heavy atom. The summed E-state index contributed by atoms with van der Waals surface area (Å²) in [5.74, 6) is -4.26. The number of methoxy groups -OCH3 is 1. The molecule has 0 saturated heterocycles. The van der Waals surface area contributed by atoms with Crippen LogP contribution in [0.25, 0.3) is 6.08 Å². The van der Waals surface area contributed by atoms with Crippen LogP contribution in [0, 0.1) is 26.1 Å². The molecule has 0 aliphatic carbocycles. The largest absolute Gasteiger partial charge is 0.468 e. The van der Waals surface area contributed by atoms with E-state index >= 15 is 0 Å². The molecule has 0 fully saturated rings. The molecule has 0 saturated carbocycles. The Morgan fingerprint density at radius 3 is 2.44 bits per heavy atom. The van der Waals surface area contributed by atoms with Crippen LogP contribution in [0.4, 0.5) is 11.4 Å². The summed E-state index contributed by atoms with van der Waals surface area (Å²) in [6.07, 6.45) is 8.67. The van der Waals surface area contributed by atoms with E-state index < -0.39 is 50.0 Å². The molecule has 1 aromatic heterocycles. The van der Waals surface area contributed by atoms with Crippen molar-refractivity contribution in [3.05, 3.63) is 114 Å². The Kier molecular flexibility index (Phi) is 9.46. The van der Waals surface area contributed by atoms with Crippen LogP contribution in [0.2, 0.25) is 5.02 Å². The lowest BCUT2D eigenvalue weighted by atomic mass is 9.75. The quantitative estimate of drug-likeness (QED) is 0.169. The minimum atomic E-state index is -1.31. The van der Waals surface area contributed by atoms with Gasteiger partial charge in [-0.2, -0.15) is 0 Å². The van der Waals surface area contributed by atoms with Gasteiger partial charge in [-0.15, -0.1) is 0 Å². The number of hydrogen-bond acceptors (Lipinski definition) is 10. The summed E-state index contributed by atoms with van der Waals surface area (Å²) in [6.45, 7) is 3.53. The summed E-state index contributed by atoms with van der Waals surface area (Å²) in [5.41, 5.74) is 0.627. The maximum absolute atomic E-state index is 13.5. The lowest BCUT2D eigenvalue weighted by Crippen LogP contribution is -2.36. The minimum Gasteiger partial charge on any atom is -0.468 e. The van der Waals surface area contributed by atoms with Crippen molar-refractivity contribution < 1.29 is 28.9 Å². The number of allylic oxidation sites excluding steroid dienone is 1. The average Bonchev–Trinajstić information content (AvgIpc) is 3.48. The van der Waals surface area contributed by atoms with Crippen molar-refractivity contribution >= 4 is 46.7 Å². The first-order valence-corrected chi connectivity index (χ1v) is 13.2. The number of aromatic nitrogens is 2.